The molecule has 14 heavy (non-hydrogen) atoms. The van der Waals surface area contributed by atoms with E-state index in [4.69, 9.17) is 16.9 Å². The lowest BCUT2D eigenvalue weighted by atomic mass is 10.1. The van der Waals surface area contributed by atoms with E-state index in [1.165, 1.54) is 0 Å². The van der Waals surface area contributed by atoms with Crippen molar-refractivity contribution < 1.29 is 0 Å². The van der Waals surface area contributed by atoms with Crippen LogP contribution in [0.3, 0.4) is 0 Å². The van der Waals surface area contributed by atoms with Gasteiger partial charge in [0, 0.05) is 6.54 Å². The highest BCUT2D eigenvalue weighted by atomic mass is 35.5. The van der Waals surface area contributed by atoms with Crippen LogP contribution in [0.15, 0.2) is 24.3 Å². The number of nitriles is 1. The number of hydrogen-bond donors (Lipinski definition) is 0. The van der Waals surface area contributed by atoms with Crippen molar-refractivity contribution >= 4 is 11.6 Å². The predicted octanol–water partition coefficient (Wildman–Crippen LogP) is 2.40. The monoisotopic (exact) mass is 208 g/mol. The molecule has 74 valence electrons. The lowest BCUT2D eigenvalue weighted by molar-refractivity contribution is 0.408. The van der Waals surface area contributed by atoms with Gasteiger partial charge in [-0.05, 0) is 31.8 Å². The molecule has 0 saturated carbocycles. The van der Waals surface area contributed by atoms with Crippen LogP contribution in [-0.4, -0.2) is 25.5 Å². The Kier molecular flexibility index (Phi) is 3.94. The molecule has 0 radical (unpaired) electrons. The zero-order valence-electron chi connectivity index (χ0n) is 8.37. The molecule has 0 aliphatic heterocycles. The van der Waals surface area contributed by atoms with Gasteiger partial charge in [-0.3, -0.25) is 0 Å². The van der Waals surface area contributed by atoms with E-state index in [2.05, 4.69) is 6.07 Å². The summed E-state index contributed by atoms with van der Waals surface area (Å²) in [5, 5.41) is 8.67. The van der Waals surface area contributed by atoms with Gasteiger partial charge in [-0.2, -0.15) is 5.26 Å². The Labute approximate surface area is 89.7 Å². The van der Waals surface area contributed by atoms with E-state index < -0.39 is 0 Å². The Balaban J connectivity index is 2.80. The second-order valence-corrected chi connectivity index (χ2v) is 3.99. The first-order valence-corrected chi connectivity index (χ1v) is 4.86. The van der Waals surface area contributed by atoms with Gasteiger partial charge in [-0.25, -0.2) is 0 Å². The fraction of sp³-hybridized carbons (Fsp3) is 0.364. The lowest BCUT2D eigenvalue weighted by Crippen LogP contribution is -2.17. The Bertz CT molecular complexity index is 341. The summed E-state index contributed by atoms with van der Waals surface area (Å²) in [6, 6.07) is 9.52. The molecular formula is C11H13ClN2. The summed E-state index contributed by atoms with van der Waals surface area (Å²) in [6.45, 7) is 0.774. The second kappa shape index (κ2) is 4.99. The zero-order chi connectivity index (χ0) is 10.6. The second-order valence-electron chi connectivity index (χ2n) is 3.47. The van der Waals surface area contributed by atoms with Gasteiger partial charge in [0.25, 0.3) is 0 Å². The highest BCUT2D eigenvalue weighted by Gasteiger charge is 2.08. The normalized spacial score (nSPS) is 12.5. The maximum Gasteiger partial charge on any atom is 0.0991 e. The molecule has 1 rings (SSSR count). The smallest absolute Gasteiger partial charge is 0.0991 e. The molecule has 0 N–H and O–H groups in total. The molecule has 0 aliphatic rings. The summed E-state index contributed by atoms with van der Waals surface area (Å²) in [7, 11) is 3.95. The molecule has 2 nitrogen and oxygen atoms in total. The quantitative estimate of drug-likeness (QED) is 0.714. The summed E-state index contributed by atoms with van der Waals surface area (Å²) >= 11 is 6.18. The molecule has 0 fully saturated rings. The van der Waals surface area contributed by atoms with E-state index in [0.717, 1.165) is 12.1 Å². The third-order valence-electron chi connectivity index (χ3n) is 1.90. The molecule has 0 aromatic heterocycles. The van der Waals surface area contributed by atoms with E-state index >= 15 is 0 Å². The fourth-order valence-corrected chi connectivity index (χ4v) is 1.64. The van der Waals surface area contributed by atoms with Gasteiger partial charge in [-0.1, -0.05) is 12.1 Å². The summed E-state index contributed by atoms with van der Waals surface area (Å²) in [5.41, 5.74) is 1.66. The van der Waals surface area contributed by atoms with E-state index in [9.17, 15) is 0 Å². The van der Waals surface area contributed by atoms with E-state index in [0.29, 0.717) is 5.56 Å². The Morgan fingerprint density at radius 2 is 2.21 bits per heavy atom. The summed E-state index contributed by atoms with van der Waals surface area (Å²) in [6.07, 6.45) is 0. The minimum atomic E-state index is -0.0571. The van der Waals surface area contributed by atoms with Crippen LogP contribution < -0.4 is 0 Å². The number of nitrogens with zero attached hydrogens (tertiary/aromatic N) is 2. The minimum absolute atomic E-state index is 0.0571. The standard InChI is InChI=1S/C11H13ClN2/c1-14(2)8-11(12)10-5-3-4-9(6-10)7-13/h3-6,11H,8H2,1-2H3. The minimum Gasteiger partial charge on any atom is -0.308 e. The predicted molar refractivity (Wildman–Crippen MR) is 58.3 cm³/mol. The number of halogens is 1. The number of rotatable bonds is 3. The Morgan fingerprint density at radius 3 is 2.79 bits per heavy atom. The number of likely N-dealkylation sites (N-methyl/N-ethyl adjacent to an activating group) is 1. The topological polar surface area (TPSA) is 27.0 Å². The van der Waals surface area contributed by atoms with E-state index in [1.807, 2.05) is 37.2 Å². The molecule has 1 aromatic carbocycles. The number of hydrogen-bond acceptors (Lipinski definition) is 2. The fourth-order valence-electron chi connectivity index (χ4n) is 1.23. The summed E-state index contributed by atoms with van der Waals surface area (Å²) in [5.74, 6) is 0. The van der Waals surface area contributed by atoms with Gasteiger partial charge < -0.3 is 4.90 Å². The van der Waals surface area contributed by atoms with Gasteiger partial charge in [-0.15, -0.1) is 11.6 Å². The SMILES string of the molecule is CN(C)CC(Cl)c1cccc(C#N)c1. The molecule has 0 aliphatic carbocycles. The highest BCUT2D eigenvalue weighted by Crippen LogP contribution is 2.21. The first-order chi connectivity index (χ1) is 6.63. The molecule has 0 heterocycles. The van der Waals surface area contributed by atoms with Crippen molar-refractivity contribution in [2.24, 2.45) is 0 Å². The molecule has 0 amide bonds. The largest absolute Gasteiger partial charge is 0.308 e. The van der Waals surface area contributed by atoms with Crippen LogP contribution in [-0.2, 0) is 0 Å². The Hall–Kier alpha value is -1.04. The maximum absolute atomic E-state index is 8.72. The molecular weight excluding hydrogens is 196 g/mol. The average molecular weight is 209 g/mol. The molecule has 3 heteroatoms. The van der Waals surface area contributed by atoms with Crippen molar-refractivity contribution in [1.29, 1.82) is 5.26 Å². The Morgan fingerprint density at radius 1 is 1.50 bits per heavy atom. The number of benzene rings is 1. The van der Waals surface area contributed by atoms with Crippen LogP contribution in [0.5, 0.6) is 0 Å². The van der Waals surface area contributed by atoms with Crippen molar-refractivity contribution in [3.8, 4) is 6.07 Å². The third-order valence-corrected chi connectivity index (χ3v) is 2.29. The van der Waals surface area contributed by atoms with Gasteiger partial charge in [0.2, 0.25) is 0 Å². The van der Waals surface area contributed by atoms with Crippen LogP contribution in [0.2, 0.25) is 0 Å². The molecule has 0 spiro atoms. The third kappa shape index (κ3) is 3.02. The van der Waals surface area contributed by atoms with Crippen LogP contribution >= 0.6 is 11.6 Å². The van der Waals surface area contributed by atoms with E-state index in [1.54, 1.807) is 6.07 Å². The van der Waals surface area contributed by atoms with Crippen molar-refractivity contribution in [2.75, 3.05) is 20.6 Å². The first kappa shape index (κ1) is 11.0. The van der Waals surface area contributed by atoms with Crippen LogP contribution in [0.1, 0.15) is 16.5 Å². The molecule has 1 aromatic rings. The van der Waals surface area contributed by atoms with Crippen molar-refractivity contribution in [3.05, 3.63) is 35.4 Å². The zero-order valence-corrected chi connectivity index (χ0v) is 9.12. The molecule has 0 saturated heterocycles. The van der Waals surface area contributed by atoms with Gasteiger partial charge >= 0.3 is 0 Å². The van der Waals surface area contributed by atoms with Gasteiger partial charge in [0.05, 0.1) is 17.0 Å². The molecule has 0 bridgehead atoms. The van der Waals surface area contributed by atoms with Crippen LogP contribution in [0, 0.1) is 11.3 Å². The van der Waals surface area contributed by atoms with Crippen molar-refractivity contribution in [2.45, 2.75) is 5.38 Å². The maximum atomic E-state index is 8.72. The van der Waals surface area contributed by atoms with Gasteiger partial charge in [0.1, 0.15) is 0 Å². The van der Waals surface area contributed by atoms with Gasteiger partial charge in [0.15, 0.2) is 0 Å². The molecule has 1 atom stereocenters. The van der Waals surface area contributed by atoms with Crippen molar-refractivity contribution in [3.63, 3.8) is 0 Å². The van der Waals surface area contributed by atoms with Crippen molar-refractivity contribution in [1.82, 2.24) is 4.90 Å². The summed E-state index contributed by atoms with van der Waals surface area (Å²) in [4.78, 5) is 2.02. The van der Waals surface area contributed by atoms with Crippen LogP contribution in [0.25, 0.3) is 0 Å². The number of alkyl halides is 1. The summed E-state index contributed by atoms with van der Waals surface area (Å²) < 4.78 is 0. The molecule has 1 unspecified atom stereocenters. The van der Waals surface area contributed by atoms with E-state index in [-0.39, 0.29) is 5.38 Å². The van der Waals surface area contributed by atoms with Crippen LogP contribution in [0.4, 0.5) is 0 Å². The lowest BCUT2D eigenvalue weighted by Gasteiger charge is -2.15. The average Bonchev–Trinajstić information content (AvgIpc) is 2.17. The highest BCUT2D eigenvalue weighted by molar-refractivity contribution is 6.21. The first-order valence-electron chi connectivity index (χ1n) is 4.42.